The van der Waals surface area contributed by atoms with E-state index in [-0.39, 0.29) is 22.6 Å². The SMILES string of the molecule is COC(=O)c1cc(NC(=O)c2ccc(-c3cccc(Cl)c3)o2)cc(C(=O)OC)c1. The first kappa shape index (κ1) is 20.2. The molecule has 0 unspecified atom stereocenters. The number of hydrogen-bond donors (Lipinski definition) is 1. The largest absolute Gasteiger partial charge is 0.465 e. The Morgan fingerprint density at radius 2 is 1.55 bits per heavy atom. The maximum atomic E-state index is 12.6. The molecule has 0 bridgehead atoms. The van der Waals surface area contributed by atoms with Crippen molar-refractivity contribution in [2.75, 3.05) is 19.5 Å². The van der Waals surface area contributed by atoms with Gasteiger partial charge in [0.2, 0.25) is 0 Å². The van der Waals surface area contributed by atoms with Gasteiger partial charge in [-0.1, -0.05) is 23.7 Å². The Morgan fingerprint density at radius 3 is 2.14 bits per heavy atom. The second-order valence-electron chi connectivity index (χ2n) is 5.91. The van der Waals surface area contributed by atoms with Crippen molar-refractivity contribution in [3.8, 4) is 11.3 Å². The van der Waals surface area contributed by atoms with Gasteiger partial charge in [-0.05, 0) is 42.5 Å². The summed E-state index contributed by atoms with van der Waals surface area (Å²) in [5, 5.41) is 3.14. The van der Waals surface area contributed by atoms with Crippen LogP contribution in [0.5, 0.6) is 0 Å². The van der Waals surface area contributed by atoms with Crippen molar-refractivity contribution in [2.45, 2.75) is 0 Å². The van der Waals surface area contributed by atoms with E-state index in [9.17, 15) is 14.4 Å². The van der Waals surface area contributed by atoms with Crippen molar-refractivity contribution >= 4 is 35.1 Å². The molecule has 3 rings (SSSR count). The summed E-state index contributed by atoms with van der Waals surface area (Å²) in [5.41, 5.74) is 1.10. The van der Waals surface area contributed by atoms with E-state index in [1.54, 1.807) is 30.3 Å². The Balaban J connectivity index is 1.87. The summed E-state index contributed by atoms with van der Waals surface area (Å²) in [5.74, 6) is -1.37. The minimum Gasteiger partial charge on any atom is -0.465 e. The van der Waals surface area contributed by atoms with Gasteiger partial charge in [-0.2, -0.15) is 0 Å². The quantitative estimate of drug-likeness (QED) is 0.622. The zero-order valence-corrected chi connectivity index (χ0v) is 16.3. The third-order valence-electron chi connectivity index (χ3n) is 3.97. The van der Waals surface area contributed by atoms with Crippen LogP contribution >= 0.6 is 11.6 Å². The molecule has 0 aliphatic carbocycles. The van der Waals surface area contributed by atoms with Crippen LogP contribution in [-0.2, 0) is 9.47 Å². The molecule has 0 atom stereocenters. The summed E-state index contributed by atoms with van der Waals surface area (Å²) < 4.78 is 15.0. The first-order valence-corrected chi connectivity index (χ1v) is 8.78. The lowest BCUT2D eigenvalue weighted by atomic mass is 10.1. The van der Waals surface area contributed by atoms with Crippen LogP contribution in [0.25, 0.3) is 11.3 Å². The molecule has 3 aromatic rings. The zero-order chi connectivity index (χ0) is 21.0. The van der Waals surface area contributed by atoms with Crippen molar-refractivity contribution < 1.29 is 28.3 Å². The molecule has 29 heavy (non-hydrogen) atoms. The molecule has 0 saturated heterocycles. The van der Waals surface area contributed by atoms with Crippen molar-refractivity contribution in [1.82, 2.24) is 0 Å². The molecule has 1 amide bonds. The molecule has 0 fully saturated rings. The monoisotopic (exact) mass is 413 g/mol. The molecule has 1 heterocycles. The highest BCUT2D eigenvalue weighted by molar-refractivity contribution is 6.30. The summed E-state index contributed by atoms with van der Waals surface area (Å²) in [6.07, 6.45) is 0. The van der Waals surface area contributed by atoms with E-state index < -0.39 is 17.8 Å². The number of carbonyl (C=O) groups excluding carboxylic acids is 3. The van der Waals surface area contributed by atoms with Gasteiger partial charge in [-0.3, -0.25) is 4.79 Å². The Labute approximate surface area is 171 Å². The summed E-state index contributed by atoms with van der Waals surface area (Å²) in [4.78, 5) is 36.3. The second-order valence-corrected chi connectivity index (χ2v) is 6.35. The third-order valence-corrected chi connectivity index (χ3v) is 4.21. The predicted octanol–water partition coefficient (Wildman–Crippen LogP) is 4.43. The Bertz CT molecular complexity index is 1050. The number of anilines is 1. The maximum absolute atomic E-state index is 12.6. The fraction of sp³-hybridized carbons (Fsp3) is 0.0952. The molecule has 7 nitrogen and oxygen atoms in total. The normalized spacial score (nSPS) is 10.3. The number of furan rings is 1. The van der Waals surface area contributed by atoms with Crippen molar-refractivity contribution in [3.05, 3.63) is 76.5 Å². The first-order valence-electron chi connectivity index (χ1n) is 8.40. The van der Waals surface area contributed by atoms with E-state index in [0.717, 1.165) is 5.56 Å². The van der Waals surface area contributed by atoms with Gasteiger partial charge in [0.05, 0.1) is 25.3 Å². The van der Waals surface area contributed by atoms with Gasteiger partial charge >= 0.3 is 11.9 Å². The highest BCUT2D eigenvalue weighted by Gasteiger charge is 2.17. The minimum atomic E-state index is -0.660. The van der Waals surface area contributed by atoms with Crippen LogP contribution in [0.15, 0.2) is 59.0 Å². The van der Waals surface area contributed by atoms with Crippen molar-refractivity contribution in [3.63, 3.8) is 0 Å². The standard InChI is InChI=1S/C21H16ClNO6/c1-27-20(25)13-8-14(21(26)28-2)11-16(10-13)23-19(24)18-7-6-17(29-18)12-4-3-5-15(22)9-12/h3-11H,1-2H3,(H,23,24). The number of methoxy groups -OCH3 is 2. The van der Waals surface area contributed by atoms with Crippen LogP contribution in [0.2, 0.25) is 5.02 Å². The summed E-state index contributed by atoms with van der Waals surface area (Å²) >= 11 is 5.98. The number of esters is 2. The minimum absolute atomic E-state index is 0.0445. The van der Waals surface area contributed by atoms with Crippen LogP contribution in [0.1, 0.15) is 31.3 Å². The molecule has 148 valence electrons. The number of hydrogen-bond acceptors (Lipinski definition) is 6. The van der Waals surface area contributed by atoms with Crippen molar-refractivity contribution in [2.24, 2.45) is 0 Å². The lowest BCUT2D eigenvalue weighted by Gasteiger charge is -2.08. The predicted molar refractivity (Wildman–Crippen MR) is 106 cm³/mol. The van der Waals surface area contributed by atoms with E-state index in [0.29, 0.717) is 10.8 Å². The first-order chi connectivity index (χ1) is 13.9. The van der Waals surface area contributed by atoms with E-state index in [4.69, 9.17) is 16.0 Å². The second kappa shape index (κ2) is 8.62. The summed E-state index contributed by atoms with van der Waals surface area (Å²) in [6.45, 7) is 0. The number of benzene rings is 2. The zero-order valence-electron chi connectivity index (χ0n) is 15.5. The molecule has 0 saturated carbocycles. The topological polar surface area (TPSA) is 94.8 Å². The molecule has 0 aliphatic heterocycles. The smallest absolute Gasteiger partial charge is 0.337 e. The van der Waals surface area contributed by atoms with Gasteiger partial charge in [-0.15, -0.1) is 0 Å². The van der Waals surface area contributed by atoms with E-state index >= 15 is 0 Å². The van der Waals surface area contributed by atoms with Crippen LogP contribution in [-0.4, -0.2) is 32.1 Å². The number of rotatable bonds is 5. The van der Waals surface area contributed by atoms with E-state index in [1.807, 2.05) is 0 Å². The Hall–Kier alpha value is -3.58. The molecule has 2 aromatic carbocycles. The van der Waals surface area contributed by atoms with Gasteiger partial charge in [0.1, 0.15) is 5.76 Å². The average Bonchev–Trinajstić information content (AvgIpc) is 3.23. The van der Waals surface area contributed by atoms with Crippen LogP contribution in [0.4, 0.5) is 5.69 Å². The fourth-order valence-corrected chi connectivity index (χ4v) is 2.81. The Morgan fingerprint density at radius 1 is 0.897 bits per heavy atom. The lowest BCUT2D eigenvalue weighted by Crippen LogP contribution is -2.13. The maximum Gasteiger partial charge on any atom is 0.337 e. The molecule has 1 N–H and O–H groups in total. The van der Waals surface area contributed by atoms with Gasteiger partial charge in [0.25, 0.3) is 5.91 Å². The number of ether oxygens (including phenoxy) is 2. The van der Waals surface area contributed by atoms with E-state index in [2.05, 4.69) is 14.8 Å². The molecule has 8 heteroatoms. The van der Waals surface area contributed by atoms with Crippen LogP contribution < -0.4 is 5.32 Å². The summed E-state index contributed by atoms with van der Waals surface area (Å²) in [7, 11) is 2.43. The average molecular weight is 414 g/mol. The number of carbonyl (C=O) groups is 3. The molecular weight excluding hydrogens is 398 g/mol. The number of halogens is 1. The van der Waals surface area contributed by atoms with Crippen LogP contribution in [0.3, 0.4) is 0 Å². The summed E-state index contributed by atoms with van der Waals surface area (Å²) in [6, 6.07) is 14.3. The highest BCUT2D eigenvalue weighted by Crippen LogP contribution is 2.25. The molecule has 0 aliphatic rings. The third kappa shape index (κ3) is 4.64. The van der Waals surface area contributed by atoms with Gasteiger partial charge in [-0.25, -0.2) is 9.59 Å². The highest BCUT2D eigenvalue weighted by atomic mass is 35.5. The van der Waals surface area contributed by atoms with Gasteiger partial charge in [0.15, 0.2) is 5.76 Å². The molecule has 0 radical (unpaired) electrons. The van der Waals surface area contributed by atoms with E-state index in [1.165, 1.54) is 38.5 Å². The lowest BCUT2D eigenvalue weighted by molar-refractivity contribution is 0.0599. The molecular formula is C21H16ClNO6. The van der Waals surface area contributed by atoms with Crippen LogP contribution in [0, 0.1) is 0 Å². The molecule has 1 aromatic heterocycles. The van der Waals surface area contributed by atoms with Crippen molar-refractivity contribution in [1.29, 1.82) is 0 Å². The number of nitrogens with one attached hydrogen (secondary N) is 1. The molecule has 0 spiro atoms. The fourth-order valence-electron chi connectivity index (χ4n) is 2.62. The number of amides is 1. The Kier molecular flexibility index (Phi) is 5.99. The van der Waals surface area contributed by atoms with Gasteiger partial charge < -0.3 is 19.2 Å². The van der Waals surface area contributed by atoms with Gasteiger partial charge in [0, 0.05) is 16.3 Å².